The standard InChI is InChI=1S/C16H32O3/c1-2-3-4-5-6-7-8-9-12-15(16(18)19)13-10-11-14-17/h15,17H,2-14H2,1H3,(H,18,19). The van der Waals surface area contributed by atoms with Gasteiger partial charge < -0.3 is 10.2 Å². The first kappa shape index (κ1) is 18.4. The van der Waals surface area contributed by atoms with Gasteiger partial charge in [0.15, 0.2) is 0 Å². The van der Waals surface area contributed by atoms with E-state index in [0.29, 0.717) is 6.42 Å². The monoisotopic (exact) mass is 272 g/mol. The zero-order valence-electron chi connectivity index (χ0n) is 12.6. The Bertz CT molecular complexity index is 204. The molecule has 3 heteroatoms. The molecule has 19 heavy (non-hydrogen) atoms. The van der Waals surface area contributed by atoms with Crippen molar-refractivity contribution in [1.82, 2.24) is 0 Å². The molecule has 0 heterocycles. The molecule has 0 amide bonds. The van der Waals surface area contributed by atoms with Gasteiger partial charge in [0.1, 0.15) is 0 Å². The lowest BCUT2D eigenvalue weighted by atomic mass is 9.95. The highest BCUT2D eigenvalue weighted by Crippen LogP contribution is 2.18. The molecule has 0 saturated heterocycles. The SMILES string of the molecule is CCCCCCCCCCC(CCCCO)C(=O)O. The minimum Gasteiger partial charge on any atom is -0.481 e. The van der Waals surface area contributed by atoms with E-state index in [-0.39, 0.29) is 12.5 Å². The van der Waals surface area contributed by atoms with Gasteiger partial charge in [-0.05, 0) is 19.3 Å². The molecule has 0 aromatic heterocycles. The maximum atomic E-state index is 11.1. The van der Waals surface area contributed by atoms with Crippen molar-refractivity contribution in [1.29, 1.82) is 0 Å². The van der Waals surface area contributed by atoms with Crippen LogP contribution in [0.15, 0.2) is 0 Å². The van der Waals surface area contributed by atoms with Gasteiger partial charge in [-0.15, -0.1) is 0 Å². The highest BCUT2D eigenvalue weighted by Gasteiger charge is 2.15. The molecular weight excluding hydrogens is 240 g/mol. The van der Waals surface area contributed by atoms with E-state index in [1.54, 1.807) is 0 Å². The van der Waals surface area contributed by atoms with Crippen LogP contribution in [0.4, 0.5) is 0 Å². The highest BCUT2D eigenvalue weighted by molar-refractivity contribution is 5.69. The molecule has 0 rings (SSSR count). The lowest BCUT2D eigenvalue weighted by molar-refractivity contribution is -0.142. The van der Waals surface area contributed by atoms with Gasteiger partial charge in [0.25, 0.3) is 0 Å². The Morgan fingerprint density at radius 1 is 0.842 bits per heavy atom. The van der Waals surface area contributed by atoms with E-state index in [4.69, 9.17) is 10.2 Å². The quantitative estimate of drug-likeness (QED) is 0.461. The molecule has 0 bridgehead atoms. The summed E-state index contributed by atoms with van der Waals surface area (Å²) in [6.07, 6.45) is 13.1. The molecular formula is C16H32O3. The van der Waals surface area contributed by atoms with Crippen molar-refractivity contribution in [2.45, 2.75) is 84.0 Å². The largest absolute Gasteiger partial charge is 0.481 e. The third kappa shape index (κ3) is 12.2. The fraction of sp³-hybridized carbons (Fsp3) is 0.938. The molecule has 0 aliphatic rings. The average Bonchev–Trinajstić information content (AvgIpc) is 2.39. The molecule has 3 nitrogen and oxygen atoms in total. The van der Waals surface area contributed by atoms with E-state index in [2.05, 4.69) is 6.92 Å². The van der Waals surface area contributed by atoms with Crippen LogP contribution in [0.3, 0.4) is 0 Å². The normalized spacial score (nSPS) is 12.5. The summed E-state index contributed by atoms with van der Waals surface area (Å²) in [7, 11) is 0. The van der Waals surface area contributed by atoms with Crippen molar-refractivity contribution >= 4 is 5.97 Å². The predicted molar refractivity (Wildman–Crippen MR) is 79.3 cm³/mol. The van der Waals surface area contributed by atoms with Crippen LogP contribution >= 0.6 is 0 Å². The Kier molecular flexibility index (Phi) is 13.4. The fourth-order valence-electron chi connectivity index (χ4n) is 2.42. The van der Waals surface area contributed by atoms with Gasteiger partial charge in [-0.3, -0.25) is 4.79 Å². The van der Waals surface area contributed by atoms with Crippen molar-refractivity contribution in [3.63, 3.8) is 0 Å². The number of unbranched alkanes of at least 4 members (excludes halogenated alkanes) is 8. The van der Waals surface area contributed by atoms with Crippen molar-refractivity contribution in [2.24, 2.45) is 5.92 Å². The van der Waals surface area contributed by atoms with Gasteiger partial charge in [0.05, 0.1) is 5.92 Å². The topological polar surface area (TPSA) is 57.5 Å². The molecule has 0 aliphatic heterocycles. The van der Waals surface area contributed by atoms with Gasteiger partial charge >= 0.3 is 5.97 Å². The van der Waals surface area contributed by atoms with Gasteiger partial charge in [-0.25, -0.2) is 0 Å². The van der Waals surface area contributed by atoms with Crippen LogP contribution < -0.4 is 0 Å². The van der Waals surface area contributed by atoms with E-state index in [1.165, 1.54) is 38.5 Å². The van der Waals surface area contributed by atoms with Gasteiger partial charge in [-0.1, -0.05) is 64.7 Å². The van der Waals surface area contributed by atoms with Crippen LogP contribution in [-0.2, 0) is 4.79 Å². The van der Waals surface area contributed by atoms with Crippen LogP contribution in [0.25, 0.3) is 0 Å². The summed E-state index contributed by atoms with van der Waals surface area (Å²) in [4.78, 5) is 11.1. The second-order valence-electron chi connectivity index (χ2n) is 5.52. The first-order valence-electron chi connectivity index (χ1n) is 8.06. The number of carboxylic acids is 1. The molecule has 0 spiro atoms. The number of hydrogen-bond donors (Lipinski definition) is 2. The van der Waals surface area contributed by atoms with Crippen LogP contribution in [0, 0.1) is 5.92 Å². The Labute approximate surface area is 118 Å². The smallest absolute Gasteiger partial charge is 0.306 e. The van der Waals surface area contributed by atoms with Crippen LogP contribution in [0.2, 0.25) is 0 Å². The first-order valence-corrected chi connectivity index (χ1v) is 8.06. The van der Waals surface area contributed by atoms with E-state index >= 15 is 0 Å². The summed E-state index contributed by atoms with van der Waals surface area (Å²) >= 11 is 0. The minimum atomic E-state index is -0.666. The molecule has 114 valence electrons. The minimum absolute atomic E-state index is 0.171. The summed E-state index contributed by atoms with van der Waals surface area (Å²) in [5, 5.41) is 17.8. The van der Waals surface area contributed by atoms with Crippen molar-refractivity contribution < 1.29 is 15.0 Å². The number of aliphatic hydroxyl groups excluding tert-OH is 1. The lowest BCUT2D eigenvalue weighted by Gasteiger charge is -2.11. The summed E-state index contributed by atoms with van der Waals surface area (Å²) in [5.74, 6) is -0.868. The highest BCUT2D eigenvalue weighted by atomic mass is 16.4. The van der Waals surface area contributed by atoms with Gasteiger partial charge in [-0.2, -0.15) is 0 Å². The second-order valence-corrected chi connectivity index (χ2v) is 5.52. The van der Waals surface area contributed by atoms with E-state index in [1.807, 2.05) is 0 Å². The van der Waals surface area contributed by atoms with Crippen LogP contribution in [0.5, 0.6) is 0 Å². The molecule has 0 fully saturated rings. The van der Waals surface area contributed by atoms with E-state index in [0.717, 1.165) is 32.1 Å². The maximum absolute atomic E-state index is 11.1. The number of aliphatic carboxylic acids is 1. The van der Waals surface area contributed by atoms with Crippen molar-refractivity contribution in [2.75, 3.05) is 6.61 Å². The van der Waals surface area contributed by atoms with Crippen molar-refractivity contribution in [3.8, 4) is 0 Å². The van der Waals surface area contributed by atoms with Crippen LogP contribution in [0.1, 0.15) is 84.0 Å². The number of hydrogen-bond acceptors (Lipinski definition) is 2. The maximum Gasteiger partial charge on any atom is 0.306 e. The molecule has 0 saturated carbocycles. The first-order chi connectivity index (χ1) is 9.22. The molecule has 0 radical (unpaired) electrons. The van der Waals surface area contributed by atoms with Crippen LogP contribution in [-0.4, -0.2) is 22.8 Å². The van der Waals surface area contributed by atoms with E-state index in [9.17, 15) is 4.79 Å². The average molecular weight is 272 g/mol. The number of carboxylic acid groups (broad SMARTS) is 1. The number of rotatable bonds is 14. The molecule has 0 aromatic rings. The fourth-order valence-corrected chi connectivity index (χ4v) is 2.42. The zero-order chi connectivity index (χ0) is 14.3. The zero-order valence-corrected chi connectivity index (χ0v) is 12.6. The summed E-state index contributed by atoms with van der Waals surface area (Å²) in [6, 6.07) is 0. The number of aliphatic hydroxyl groups is 1. The summed E-state index contributed by atoms with van der Waals surface area (Å²) in [5.41, 5.74) is 0. The third-order valence-corrected chi connectivity index (χ3v) is 3.72. The summed E-state index contributed by atoms with van der Waals surface area (Å²) < 4.78 is 0. The Morgan fingerprint density at radius 2 is 1.32 bits per heavy atom. The predicted octanol–water partition coefficient (Wildman–Crippen LogP) is 4.38. The van der Waals surface area contributed by atoms with Gasteiger partial charge in [0, 0.05) is 6.61 Å². The molecule has 2 N–H and O–H groups in total. The molecule has 0 aromatic carbocycles. The molecule has 1 atom stereocenters. The van der Waals surface area contributed by atoms with Crippen molar-refractivity contribution in [3.05, 3.63) is 0 Å². The lowest BCUT2D eigenvalue weighted by Crippen LogP contribution is -2.13. The Balaban J connectivity index is 3.45. The summed E-state index contributed by atoms with van der Waals surface area (Å²) in [6.45, 7) is 2.40. The molecule has 1 unspecified atom stereocenters. The number of carbonyl (C=O) groups is 1. The molecule has 0 aliphatic carbocycles. The van der Waals surface area contributed by atoms with E-state index < -0.39 is 5.97 Å². The Morgan fingerprint density at radius 3 is 1.79 bits per heavy atom. The third-order valence-electron chi connectivity index (χ3n) is 3.72. The second kappa shape index (κ2) is 13.9. The Hall–Kier alpha value is -0.570. The van der Waals surface area contributed by atoms with Gasteiger partial charge in [0.2, 0.25) is 0 Å².